The van der Waals surface area contributed by atoms with E-state index in [0.717, 1.165) is 25.7 Å². The molecule has 7 unspecified atom stereocenters. The van der Waals surface area contributed by atoms with Crippen molar-refractivity contribution < 1.29 is 33.8 Å². The number of rotatable bonds is 8. The monoisotopic (exact) mass is 629 g/mol. The zero-order valence-electron chi connectivity index (χ0n) is 27.3. The number of fused-ring (bicyclic) bond motifs is 1. The number of hydrogen-bond donors (Lipinski definition) is 4. The Morgan fingerprint density at radius 1 is 0.933 bits per heavy atom. The Morgan fingerprint density at radius 2 is 1.60 bits per heavy atom. The van der Waals surface area contributed by atoms with Gasteiger partial charge in [-0.1, -0.05) is 13.8 Å². The molecule has 7 rings (SSSR count). The maximum atomic E-state index is 14.4. The van der Waals surface area contributed by atoms with Crippen molar-refractivity contribution in [3.8, 4) is 0 Å². The molecule has 12 heteroatoms. The number of hydrogen-bond acceptors (Lipinski definition) is 7. The summed E-state index contributed by atoms with van der Waals surface area (Å²) in [6.45, 7) is 9.72. The second-order valence-corrected chi connectivity index (χ2v) is 16.3. The molecular weight excluding hydrogens is 578 g/mol. The summed E-state index contributed by atoms with van der Waals surface area (Å²) >= 11 is 0. The number of carbonyl (C=O) groups is 5. The number of aliphatic hydroxyl groups is 1. The maximum Gasteiger partial charge on any atom is 0.408 e. The largest absolute Gasteiger partial charge is 0.444 e. The van der Waals surface area contributed by atoms with Gasteiger partial charge in [-0.25, -0.2) is 4.79 Å². The average Bonchev–Trinajstić information content (AvgIpc) is 3.32. The number of likely N-dealkylation sites (tertiary alicyclic amines) is 2. The lowest BCUT2D eigenvalue weighted by Gasteiger charge is -2.59. The number of nitrogens with one attached hydrogen (secondary N) is 2. The van der Waals surface area contributed by atoms with Crippen molar-refractivity contribution >= 4 is 29.7 Å². The van der Waals surface area contributed by atoms with Gasteiger partial charge in [0.1, 0.15) is 29.8 Å². The van der Waals surface area contributed by atoms with E-state index in [1.165, 1.54) is 4.90 Å². The van der Waals surface area contributed by atoms with Crippen LogP contribution in [-0.4, -0.2) is 93.1 Å². The molecule has 250 valence electrons. The molecule has 0 aromatic rings. The van der Waals surface area contributed by atoms with E-state index in [1.54, 1.807) is 25.7 Å². The third-order valence-corrected chi connectivity index (χ3v) is 11.4. The summed E-state index contributed by atoms with van der Waals surface area (Å²) in [6.07, 6.45) is 5.06. The molecule has 2 heterocycles. The van der Waals surface area contributed by atoms with Gasteiger partial charge in [0.2, 0.25) is 23.6 Å². The second-order valence-electron chi connectivity index (χ2n) is 16.3. The van der Waals surface area contributed by atoms with Gasteiger partial charge in [-0.05, 0) is 114 Å². The van der Waals surface area contributed by atoms with Crippen LogP contribution in [0.25, 0.3) is 0 Å². The number of alkyl carbamates (subject to hydrolysis) is 1. The summed E-state index contributed by atoms with van der Waals surface area (Å²) in [5, 5.41) is 17.1. The Hall–Kier alpha value is -2.89. The van der Waals surface area contributed by atoms with Gasteiger partial charge in [-0.2, -0.15) is 0 Å². The van der Waals surface area contributed by atoms with Gasteiger partial charge in [-0.15, -0.1) is 0 Å². The zero-order valence-corrected chi connectivity index (χ0v) is 27.3. The SMILES string of the molecule is CC(C)[C@@H](NC(=O)OC(C)(C)C)C(=O)N1CCCC1C(=O)NC(C(=O)N1CC2CC2C1C(N)=O)C1C2CC3CC1CC(O)(C3)C2. The molecule has 0 aromatic heterocycles. The third-order valence-electron chi connectivity index (χ3n) is 11.4. The minimum absolute atomic E-state index is 0.0791. The van der Waals surface area contributed by atoms with Gasteiger partial charge in [0.05, 0.1) is 5.60 Å². The molecule has 5 aliphatic carbocycles. The molecule has 5 amide bonds. The van der Waals surface area contributed by atoms with Crippen LogP contribution in [0.3, 0.4) is 0 Å². The molecule has 5 N–H and O–H groups in total. The molecular formula is C33H51N5O7. The van der Waals surface area contributed by atoms with Gasteiger partial charge < -0.3 is 36.0 Å². The van der Waals surface area contributed by atoms with Gasteiger partial charge in [0.25, 0.3) is 0 Å². The highest BCUT2D eigenvalue weighted by Gasteiger charge is 2.61. The maximum absolute atomic E-state index is 14.4. The van der Waals surface area contributed by atoms with Crippen LogP contribution in [0, 0.1) is 41.4 Å². The molecule has 5 saturated carbocycles. The molecule has 7 aliphatic rings. The van der Waals surface area contributed by atoms with E-state index in [2.05, 4.69) is 10.6 Å². The topological polar surface area (TPSA) is 171 Å². The van der Waals surface area contributed by atoms with Crippen molar-refractivity contribution in [1.29, 1.82) is 0 Å². The van der Waals surface area contributed by atoms with Crippen LogP contribution < -0.4 is 16.4 Å². The van der Waals surface area contributed by atoms with E-state index in [9.17, 15) is 29.1 Å². The summed E-state index contributed by atoms with van der Waals surface area (Å²) in [5.74, 6) is -1.02. The molecule has 7 fully saturated rings. The van der Waals surface area contributed by atoms with Gasteiger partial charge in [-0.3, -0.25) is 19.2 Å². The van der Waals surface area contributed by atoms with E-state index in [-0.39, 0.29) is 47.3 Å². The predicted octanol–water partition coefficient (Wildman–Crippen LogP) is 1.53. The first-order chi connectivity index (χ1) is 21.0. The molecule has 4 bridgehead atoms. The molecule has 2 saturated heterocycles. The molecule has 0 aromatic carbocycles. The number of ether oxygens (including phenoxy) is 1. The number of nitrogens with two attached hydrogens (primary N) is 1. The van der Waals surface area contributed by atoms with Crippen molar-refractivity contribution in [3.63, 3.8) is 0 Å². The first-order valence-corrected chi connectivity index (χ1v) is 17.0. The minimum Gasteiger partial charge on any atom is -0.444 e. The third kappa shape index (κ3) is 6.15. The van der Waals surface area contributed by atoms with Crippen molar-refractivity contribution in [2.75, 3.05) is 13.1 Å². The first kappa shape index (κ1) is 32.1. The summed E-state index contributed by atoms with van der Waals surface area (Å²) in [6, 6.07) is -3.22. The highest BCUT2D eigenvalue weighted by Crippen LogP contribution is 2.59. The number of carbonyl (C=O) groups excluding carboxylic acids is 5. The van der Waals surface area contributed by atoms with Gasteiger partial charge >= 0.3 is 6.09 Å². The standard InChI is InChI=1S/C33H51N5O7/c1-16(2)24(36-31(43)45-32(3,4)5)29(41)37-8-6-7-22(37)28(40)35-25(30(42)38-15-20-11-21(20)26(38)27(34)39)23-18-9-17-10-19(23)14-33(44,12-17)13-18/h16-26,44H,6-15H2,1-5H3,(H2,34,39)(H,35,40)(H,36,43)/t17?,18?,19?,20?,21?,22?,23?,24-,25?,26?,33?/m1/s1. The Labute approximate surface area is 265 Å². The fourth-order valence-corrected chi connectivity index (χ4v) is 9.80. The summed E-state index contributed by atoms with van der Waals surface area (Å²) in [5.41, 5.74) is 4.35. The number of nitrogens with zero attached hydrogens (tertiary/aromatic N) is 2. The van der Waals surface area contributed by atoms with Crippen molar-refractivity contribution in [1.82, 2.24) is 20.4 Å². The highest BCUT2D eigenvalue weighted by atomic mass is 16.6. The van der Waals surface area contributed by atoms with E-state index < -0.39 is 53.3 Å². The van der Waals surface area contributed by atoms with Crippen LogP contribution >= 0.6 is 0 Å². The summed E-state index contributed by atoms with van der Waals surface area (Å²) < 4.78 is 5.40. The molecule has 45 heavy (non-hydrogen) atoms. The number of amides is 5. The smallest absolute Gasteiger partial charge is 0.408 e. The molecule has 0 spiro atoms. The Balaban J connectivity index is 1.23. The predicted molar refractivity (Wildman–Crippen MR) is 163 cm³/mol. The van der Waals surface area contributed by atoms with E-state index in [4.69, 9.17) is 10.5 Å². The lowest BCUT2D eigenvalue weighted by atomic mass is 9.49. The summed E-state index contributed by atoms with van der Waals surface area (Å²) in [7, 11) is 0. The van der Waals surface area contributed by atoms with Gasteiger partial charge in [0, 0.05) is 13.1 Å². The number of primary amides is 1. The molecule has 2 aliphatic heterocycles. The zero-order chi connectivity index (χ0) is 32.6. The first-order valence-electron chi connectivity index (χ1n) is 17.0. The van der Waals surface area contributed by atoms with Crippen LogP contribution in [0.15, 0.2) is 0 Å². The number of piperidine rings is 1. The van der Waals surface area contributed by atoms with E-state index in [1.807, 2.05) is 13.8 Å². The lowest BCUT2D eigenvalue weighted by Crippen LogP contribution is -2.65. The molecule has 0 radical (unpaired) electrons. The summed E-state index contributed by atoms with van der Waals surface area (Å²) in [4.78, 5) is 70.6. The fraction of sp³-hybridized carbons (Fsp3) is 0.848. The highest BCUT2D eigenvalue weighted by molar-refractivity contribution is 5.96. The fourth-order valence-electron chi connectivity index (χ4n) is 9.80. The van der Waals surface area contributed by atoms with Crippen LogP contribution in [0.5, 0.6) is 0 Å². The Bertz CT molecular complexity index is 1230. The van der Waals surface area contributed by atoms with Gasteiger partial charge in [0.15, 0.2) is 0 Å². The van der Waals surface area contributed by atoms with Crippen LogP contribution in [0.2, 0.25) is 0 Å². The van der Waals surface area contributed by atoms with E-state index in [0.29, 0.717) is 44.7 Å². The normalized spacial score (nSPS) is 37.7. The van der Waals surface area contributed by atoms with E-state index >= 15 is 0 Å². The van der Waals surface area contributed by atoms with Crippen molar-refractivity contribution in [3.05, 3.63) is 0 Å². The lowest BCUT2D eigenvalue weighted by molar-refractivity contribution is -0.169. The van der Waals surface area contributed by atoms with Crippen molar-refractivity contribution in [2.45, 2.75) is 121 Å². The van der Waals surface area contributed by atoms with Crippen LogP contribution in [-0.2, 0) is 23.9 Å². The second kappa shape index (κ2) is 11.4. The Morgan fingerprint density at radius 3 is 2.18 bits per heavy atom. The quantitative estimate of drug-likeness (QED) is 0.315. The van der Waals surface area contributed by atoms with Crippen LogP contribution in [0.1, 0.15) is 86.0 Å². The molecule has 8 atom stereocenters. The molecule has 12 nitrogen and oxygen atoms in total. The van der Waals surface area contributed by atoms with Crippen molar-refractivity contribution in [2.24, 2.45) is 47.2 Å². The van der Waals surface area contributed by atoms with Crippen LogP contribution in [0.4, 0.5) is 4.79 Å². The average molecular weight is 630 g/mol. The Kier molecular flexibility index (Phi) is 8.14. The minimum atomic E-state index is -0.886.